The van der Waals surface area contributed by atoms with E-state index in [4.69, 9.17) is 4.74 Å². The van der Waals surface area contributed by atoms with E-state index < -0.39 is 0 Å². The lowest BCUT2D eigenvalue weighted by Crippen LogP contribution is -2.28. The number of methoxy groups -OCH3 is 1. The van der Waals surface area contributed by atoms with E-state index in [-0.39, 0.29) is 5.41 Å². The first-order valence-electron chi connectivity index (χ1n) is 5.67. The molecule has 0 aliphatic carbocycles. The second-order valence-electron chi connectivity index (χ2n) is 5.16. The standard InChI is InChI=1S/C12H19N3O/c1-12(2,3)11-14-9-7-13-6-5-8(9)10(15-11)16-4/h13H,5-7H2,1-4H3. The molecule has 4 nitrogen and oxygen atoms in total. The topological polar surface area (TPSA) is 47.0 Å². The van der Waals surface area contributed by atoms with Crippen molar-refractivity contribution in [3.63, 3.8) is 0 Å². The predicted molar refractivity (Wildman–Crippen MR) is 62.7 cm³/mol. The third-order valence-corrected chi connectivity index (χ3v) is 2.76. The highest BCUT2D eigenvalue weighted by molar-refractivity contribution is 5.34. The largest absolute Gasteiger partial charge is 0.481 e. The molecule has 0 radical (unpaired) electrons. The summed E-state index contributed by atoms with van der Waals surface area (Å²) in [4.78, 5) is 9.15. The van der Waals surface area contributed by atoms with Crippen molar-refractivity contribution in [3.8, 4) is 5.88 Å². The Hall–Kier alpha value is -1.16. The third kappa shape index (κ3) is 2.02. The smallest absolute Gasteiger partial charge is 0.219 e. The molecule has 1 aromatic rings. The van der Waals surface area contributed by atoms with E-state index in [0.717, 1.165) is 42.5 Å². The Kier molecular flexibility index (Phi) is 2.84. The molecule has 0 saturated heterocycles. The first-order valence-corrected chi connectivity index (χ1v) is 5.67. The maximum absolute atomic E-state index is 5.37. The molecule has 0 atom stereocenters. The molecule has 1 aliphatic rings. The Morgan fingerprint density at radius 3 is 2.62 bits per heavy atom. The van der Waals surface area contributed by atoms with Crippen LogP contribution in [0.5, 0.6) is 5.88 Å². The van der Waals surface area contributed by atoms with Crippen LogP contribution >= 0.6 is 0 Å². The molecule has 1 aliphatic heterocycles. The van der Waals surface area contributed by atoms with Gasteiger partial charge in [0.05, 0.1) is 12.8 Å². The average Bonchev–Trinajstić information content (AvgIpc) is 2.26. The summed E-state index contributed by atoms with van der Waals surface area (Å²) in [5.41, 5.74) is 2.21. The van der Waals surface area contributed by atoms with Gasteiger partial charge in [0, 0.05) is 17.5 Å². The van der Waals surface area contributed by atoms with Crippen LogP contribution in [0.15, 0.2) is 0 Å². The minimum absolute atomic E-state index is 0.0419. The van der Waals surface area contributed by atoms with Gasteiger partial charge in [-0.3, -0.25) is 0 Å². The van der Waals surface area contributed by atoms with Gasteiger partial charge in [0.1, 0.15) is 5.82 Å². The minimum Gasteiger partial charge on any atom is -0.481 e. The highest BCUT2D eigenvalue weighted by Gasteiger charge is 2.23. The summed E-state index contributed by atoms with van der Waals surface area (Å²) in [6.45, 7) is 8.14. The van der Waals surface area contributed by atoms with Crippen molar-refractivity contribution in [2.24, 2.45) is 0 Å². The fourth-order valence-electron chi connectivity index (χ4n) is 1.83. The summed E-state index contributed by atoms with van der Waals surface area (Å²) in [5, 5.41) is 3.33. The summed E-state index contributed by atoms with van der Waals surface area (Å²) >= 11 is 0. The van der Waals surface area contributed by atoms with Crippen LogP contribution in [0.1, 0.15) is 37.9 Å². The summed E-state index contributed by atoms with van der Waals surface area (Å²) in [6.07, 6.45) is 0.947. The Bertz CT molecular complexity index is 379. The number of fused-ring (bicyclic) bond motifs is 1. The van der Waals surface area contributed by atoms with Crippen LogP contribution in [-0.4, -0.2) is 23.6 Å². The van der Waals surface area contributed by atoms with Crippen LogP contribution < -0.4 is 10.1 Å². The van der Waals surface area contributed by atoms with Gasteiger partial charge in [-0.1, -0.05) is 20.8 Å². The van der Waals surface area contributed by atoms with Gasteiger partial charge < -0.3 is 10.1 Å². The quantitative estimate of drug-likeness (QED) is 0.779. The Balaban J connectivity index is 2.52. The molecule has 16 heavy (non-hydrogen) atoms. The molecule has 0 saturated carbocycles. The molecule has 0 aromatic carbocycles. The maximum atomic E-state index is 5.37. The predicted octanol–water partition coefficient (Wildman–Crippen LogP) is 1.43. The lowest BCUT2D eigenvalue weighted by molar-refractivity contribution is 0.377. The van der Waals surface area contributed by atoms with Crippen LogP contribution in [0.4, 0.5) is 0 Å². The van der Waals surface area contributed by atoms with Crippen molar-refractivity contribution >= 4 is 0 Å². The van der Waals surface area contributed by atoms with Crippen molar-refractivity contribution in [3.05, 3.63) is 17.1 Å². The van der Waals surface area contributed by atoms with Gasteiger partial charge in [0.15, 0.2) is 0 Å². The maximum Gasteiger partial charge on any atom is 0.219 e. The molecule has 1 N–H and O–H groups in total. The van der Waals surface area contributed by atoms with Crippen LogP contribution in [0.25, 0.3) is 0 Å². The van der Waals surface area contributed by atoms with Crippen LogP contribution in [-0.2, 0) is 18.4 Å². The second-order valence-corrected chi connectivity index (χ2v) is 5.16. The van der Waals surface area contributed by atoms with Crippen molar-refractivity contribution in [2.45, 2.75) is 39.2 Å². The normalized spacial score (nSPS) is 15.8. The summed E-state index contributed by atoms with van der Waals surface area (Å²) in [5.74, 6) is 1.60. The zero-order chi connectivity index (χ0) is 11.8. The highest BCUT2D eigenvalue weighted by Crippen LogP contribution is 2.26. The highest BCUT2D eigenvalue weighted by atomic mass is 16.5. The van der Waals surface area contributed by atoms with E-state index in [9.17, 15) is 0 Å². The molecule has 2 heterocycles. The third-order valence-electron chi connectivity index (χ3n) is 2.76. The number of rotatable bonds is 1. The second kappa shape index (κ2) is 4.01. The molecule has 0 bridgehead atoms. The van der Waals surface area contributed by atoms with E-state index in [0.29, 0.717) is 0 Å². The van der Waals surface area contributed by atoms with Crippen LogP contribution in [0, 0.1) is 0 Å². The molecule has 0 spiro atoms. The minimum atomic E-state index is -0.0419. The van der Waals surface area contributed by atoms with Gasteiger partial charge in [0.2, 0.25) is 5.88 Å². The van der Waals surface area contributed by atoms with Gasteiger partial charge in [-0.25, -0.2) is 4.98 Å². The van der Waals surface area contributed by atoms with E-state index >= 15 is 0 Å². The molecule has 2 rings (SSSR count). The molecule has 0 unspecified atom stereocenters. The SMILES string of the molecule is COc1nc(C(C)(C)C)nc2c1CCNC2. The number of hydrogen-bond donors (Lipinski definition) is 1. The number of nitrogens with zero attached hydrogens (tertiary/aromatic N) is 2. The zero-order valence-corrected chi connectivity index (χ0v) is 10.4. The molecular formula is C12H19N3O. The van der Waals surface area contributed by atoms with Crippen molar-refractivity contribution in [1.29, 1.82) is 0 Å². The fourth-order valence-corrected chi connectivity index (χ4v) is 1.83. The van der Waals surface area contributed by atoms with Gasteiger partial charge in [0.25, 0.3) is 0 Å². The van der Waals surface area contributed by atoms with Crippen molar-refractivity contribution in [1.82, 2.24) is 15.3 Å². The monoisotopic (exact) mass is 221 g/mol. The van der Waals surface area contributed by atoms with E-state index in [1.807, 2.05) is 0 Å². The number of nitrogens with one attached hydrogen (secondary N) is 1. The Morgan fingerprint density at radius 2 is 2.00 bits per heavy atom. The van der Waals surface area contributed by atoms with E-state index in [1.54, 1.807) is 7.11 Å². The first kappa shape index (κ1) is 11.3. The van der Waals surface area contributed by atoms with Gasteiger partial charge in [-0.2, -0.15) is 4.98 Å². The van der Waals surface area contributed by atoms with Crippen molar-refractivity contribution < 1.29 is 4.74 Å². The molecular weight excluding hydrogens is 202 g/mol. The zero-order valence-electron chi connectivity index (χ0n) is 10.4. The Labute approximate surface area is 96.4 Å². The van der Waals surface area contributed by atoms with Crippen LogP contribution in [0.2, 0.25) is 0 Å². The summed E-state index contributed by atoms with van der Waals surface area (Å²) in [6, 6.07) is 0. The van der Waals surface area contributed by atoms with E-state index in [2.05, 4.69) is 36.1 Å². The Morgan fingerprint density at radius 1 is 1.25 bits per heavy atom. The average molecular weight is 221 g/mol. The lowest BCUT2D eigenvalue weighted by Gasteiger charge is -2.23. The number of ether oxygens (including phenoxy) is 1. The van der Waals surface area contributed by atoms with Gasteiger partial charge in [-0.15, -0.1) is 0 Å². The number of aromatic nitrogens is 2. The lowest BCUT2D eigenvalue weighted by atomic mass is 9.95. The molecule has 1 aromatic heterocycles. The fraction of sp³-hybridized carbons (Fsp3) is 0.667. The van der Waals surface area contributed by atoms with E-state index in [1.165, 1.54) is 0 Å². The number of hydrogen-bond acceptors (Lipinski definition) is 4. The van der Waals surface area contributed by atoms with Crippen molar-refractivity contribution in [2.75, 3.05) is 13.7 Å². The molecule has 0 fully saturated rings. The summed E-state index contributed by atoms with van der Waals surface area (Å²) in [7, 11) is 1.68. The van der Waals surface area contributed by atoms with Gasteiger partial charge in [-0.05, 0) is 13.0 Å². The first-order chi connectivity index (χ1) is 7.52. The summed E-state index contributed by atoms with van der Waals surface area (Å²) < 4.78 is 5.37. The molecule has 88 valence electrons. The molecule has 0 amide bonds. The molecule has 4 heteroatoms. The van der Waals surface area contributed by atoms with Crippen LogP contribution in [0.3, 0.4) is 0 Å². The van der Waals surface area contributed by atoms with Gasteiger partial charge >= 0.3 is 0 Å².